The first kappa shape index (κ1) is 11.1. The summed E-state index contributed by atoms with van der Waals surface area (Å²) in [6.07, 6.45) is 1.28. The Bertz CT molecular complexity index is 514. The molecule has 1 atom stereocenters. The average Bonchev–Trinajstić information content (AvgIpc) is 2.94. The Labute approximate surface area is 105 Å². The minimum atomic E-state index is 0.662. The molecule has 1 aliphatic heterocycles. The van der Waals surface area contributed by atoms with Crippen molar-refractivity contribution < 1.29 is 0 Å². The molecule has 17 heavy (non-hydrogen) atoms. The summed E-state index contributed by atoms with van der Waals surface area (Å²) in [4.78, 5) is 7.97. The van der Waals surface area contributed by atoms with Gasteiger partial charge in [-0.1, -0.05) is 6.07 Å². The highest BCUT2D eigenvalue weighted by molar-refractivity contribution is 7.99. The Balaban J connectivity index is 1.72. The topological polar surface area (TPSA) is 40.7 Å². The van der Waals surface area contributed by atoms with Crippen LogP contribution < -0.4 is 5.32 Å². The third kappa shape index (κ3) is 2.48. The Morgan fingerprint density at radius 1 is 1.53 bits per heavy atom. The van der Waals surface area contributed by atoms with Crippen molar-refractivity contribution in [3.05, 3.63) is 29.6 Å². The number of aromatic nitrogens is 2. The molecule has 2 aromatic rings. The zero-order valence-electron chi connectivity index (χ0n) is 9.99. The SMILES string of the molecule is Cc1ccc2nc(CN[C@@H]3CCSC3)[nH]c2c1. The fraction of sp³-hybridized carbons (Fsp3) is 0.462. The molecule has 1 aromatic carbocycles. The minimum absolute atomic E-state index is 0.662. The highest BCUT2D eigenvalue weighted by atomic mass is 32.2. The van der Waals surface area contributed by atoms with Crippen LogP contribution in [0.4, 0.5) is 0 Å². The third-order valence-corrected chi connectivity index (χ3v) is 4.34. The van der Waals surface area contributed by atoms with Gasteiger partial charge in [0.2, 0.25) is 0 Å². The zero-order valence-corrected chi connectivity index (χ0v) is 10.8. The highest BCUT2D eigenvalue weighted by Gasteiger charge is 2.14. The van der Waals surface area contributed by atoms with Crippen LogP contribution in [0, 0.1) is 6.92 Å². The maximum atomic E-state index is 4.59. The molecule has 0 unspecified atom stereocenters. The van der Waals surface area contributed by atoms with Gasteiger partial charge in [-0.2, -0.15) is 11.8 Å². The fourth-order valence-electron chi connectivity index (χ4n) is 2.20. The Hall–Kier alpha value is -1.00. The average molecular weight is 247 g/mol. The second-order valence-electron chi connectivity index (χ2n) is 4.65. The van der Waals surface area contributed by atoms with Crippen molar-refractivity contribution in [1.29, 1.82) is 0 Å². The molecular formula is C13H17N3S. The van der Waals surface area contributed by atoms with E-state index >= 15 is 0 Å². The van der Waals surface area contributed by atoms with Crippen molar-refractivity contribution in [2.24, 2.45) is 0 Å². The third-order valence-electron chi connectivity index (χ3n) is 3.17. The van der Waals surface area contributed by atoms with E-state index in [-0.39, 0.29) is 0 Å². The molecule has 1 fully saturated rings. The van der Waals surface area contributed by atoms with Crippen LogP contribution in [0.15, 0.2) is 18.2 Å². The lowest BCUT2D eigenvalue weighted by molar-refractivity contribution is 0.547. The number of rotatable bonds is 3. The van der Waals surface area contributed by atoms with Gasteiger partial charge in [-0.15, -0.1) is 0 Å². The van der Waals surface area contributed by atoms with Crippen molar-refractivity contribution >= 4 is 22.8 Å². The van der Waals surface area contributed by atoms with Gasteiger partial charge in [-0.25, -0.2) is 4.98 Å². The summed E-state index contributed by atoms with van der Waals surface area (Å²) in [7, 11) is 0. The number of nitrogens with one attached hydrogen (secondary N) is 2. The molecule has 90 valence electrons. The number of imidazole rings is 1. The van der Waals surface area contributed by atoms with E-state index in [0.717, 1.165) is 23.4 Å². The predicted molar refractivity (Wildman–Crippen MR) is 73.4 cm³/mol. The summed E-state index contributed by atoms with van der Waals surface area (Å²) >= 11 is 2.03. The molecule has 0 radical (unpaired) electrons. The van der Waals surface area contributed by atoms with Crippen LogP contribution in [0.5, 0.6) is 0 Å². The lowest BCUT2D eigenvalue weighted by Gasteiger charge is -2.08. The van der Waals surface area contributed by atoms with Crippen molar-refractivity contribution in [2.75, 3.05) is 11.5 Å². The summed E-state index contributed by atoms with van der Waals surface area (Å²) in [5.74, 6) is 3.57. The number of fused-ring (bicyclic) bond motifs is 1. The summed E-state index contributed by atoms with van der Waals surface area (Å²) in [6.45, 7) is 2.95. The monoisotopic (exact) mass is 247 g/mol. The van der Waals surface area contributed by atoms with E-state index < -0.39 is 0 Å². The number of benzene rings is 1. The van der Waals surface area contributed by atoms with Crippen LogP contribution in [-0.2, 0) is 6.54 Å². The predicted octanol–water partition coefficient (Wildman–Crippen LogP) is 2.47. The van der Waals surface area contributed by atoms with Crippen molar-refractivity contribution in [3.8, 4) is 0 Å². The normalized spacial score (nSPS) is 20.2. The van der Waals surface area contributed by atoms with Gasteiger partial charge >= 0.3 is 0 Å². The largest absolute Gasteiger partial charge is 0.341 e. The lowest BCUT2D eigenvalue weighted by Crippen LogP contribution is -2.28. The van der Waals surface area contributed by atoms with E-state index in [1.54, 1.807) is 0 Å². The van der Waals surface area contributed by atoms with Gasteiger partial charge in [0.1, 0.15) is 5.82 Å². The van der Waals surface area contributed by atoms with Crippen LogP contribution in [0.3, 0.4) is 0 Å². The van der Waals surface area contributed by atoms with E-state index in [1.165, 1.54) is 23.5 Å². The molecule has 2 heterocycles. The van der Waals surface area contributed by atoms with Crippen molar-refractivity contribution in [1.82, 2.24) is 15.3 Å². The summed E-state index contributed by atoms with van der Waals surface area (Å²) in [6, 6.07) is 7.00. The van der Waals surface area contributed by atoms with Crippen LogP contribution >= 0.6 is 11.8 Å². The van der Waals surface area contributed by atoms with Crippen LogP contribution in [0.2, 0.25) is 0 Å². The quantitative estimate of drug-likeness (QED) is 0.875. The van der Waals surface area contributed by atoms with Gasteiger partial charge in [-0.3, -0.25) is 0 Å². The van der Waals surface area contributed by atoms with Gasteiger partial charge in [0.05, 0.1) is 17.6 Å². The van der Waals surface area contributed by atoms with Gasteiger partial charge in [0.15, 0.2) is 0 Å². The van der Waals surface area contributed by atoms with Gasteiger partial charge in [0, 0.05) is 11.8 Å². The minimum Gasteiger partial charge on any atom is -0.341 e. The molecule has 0 amide bonds. The zero-order chi connectivity index (χ0) is 11.7. The maximum Gasteiger partial charge on any atom is 0.121 e. The lowest BCUT2D eigenvalue weighted by atomic mass is 10.2. The van der Waals surface area contributed by atoms with E-state index in [2.05, 4.69) is 40.4 Å². The smallest absolute Gasteiger partial charge is 0.121 e. The number of hydrogen-bond acceptors (Lipinski definition) is 3. The van der Waals surface area contributed by atoms with Crippen LogP contribution in [0.25, 0.3) is 11.0 Å². The summed E-state index contributed by atoms with van der Waals surface area (Å²) < 4.78 is 0. The highest BCUT2D eigenvalue weighted by Crippen LogP contribution is 2.18. The number of H-pyrrole nitrogens is 1. The first-order valence-electron chi connectivity index (χ1n) is 6.07. The second-order valence-corrected chi connectivity index (χ2v) is 5.80. The van der Waals surface area contributed by atoms with Gasteiger partial charge in [-0.05, 0) is 36.8 Å². The molecule has 0 bridgehead atoms. The standard InChI is InChI=1S/C13H17N3S/c1-9-2-3-11-12(6-9)16-13(15-11)7-14-10-4-5-17-8-10/h2-3,6,10,14H,4-5,7-8H2,1H3,(H,15,16)/t10-/m1/s1. The molecule has 0 spiro atoms. The Morgan fingerprint density at radius 3 is 3.29 bits per heavy atom. The molecule has 1 aromatic heterocycles. The first-order chi connectivity index (χ1) is 8.31. The van der Waals surface area contributed by atoms with Crippen LogP contribution in [-0.4, -0.2) is 27.5 Å². The summed E-state index contributed by atoms with van der Waals surface area (Å²) in [5.41, 5.74) is 3.48. The number of hydrogen-bond donors (Lipinski definition) is 2. The first-order valence-corrected chi connectivity index (χ1v) is 7.23. The fourth-order valence-corrected chi connectivity index (χ4v) is 3.38. The number of nitrogens with zero attached hydrogens (tertiary/aromatic N) is 1. The number of aromatic amines is 1. The molecule has 4 heteroatoms. The van der Waals surface area contributed by atoms with E-state index in [1.807, 2.05) is 11.8 Å². The molecule has 2 N–H and O–H groups in total. The Kier molecular flexibility index (Phi) is 3.07. The molecular weight excluding hydrogens is 230 g/mol. The van der Waals surface area contributed by atoms with Crippen LogP contribution in [0.1, 0.15) is 17.8 Å². The van der Waals surface area contributed by atoms with Gasteiger partial charge < -0.3 is 10.3 Å². The van der Waals surface area contributed by atoms with E-state index in [9.17, 15) is 0 Å². The van der Waals surface area contributed by atoms with Crippen molar-refractivity contribution in [3.63, 3.8) is 0 Å². The number of aryl methyl sites for hydroxylation is 1. The molecule has 0 aliphatic carbocycles. The molecule has 3 nitrogen and oxygen atoms in total. The second kappa shape index (κ2) is 4.70. The van der Waals surface area contributed by atoms with E-state index in [0.29, 0.717) is 6.04 Å². The number of thioether (sulfide) groups is 1. The van der Waals surface area contributed by atoms with Crippen molar-refractivity contribution in [2.45, 2.75) is 25.9 Å². The molecule has 1 aliphatic rings. The molecule has 0 saturated carbocycles. The maximum absolute atomic E-state index is 4.59. The molecule has 1 saturated heterocycles. The summed E-state index contributed by atoms with van der Waals surface area (Å²) in [5, 5.41) is 3.56. The van der Waals surface area contributed by atoms with E-state index in [4.69, 9.17) is 0 Å². The molecule has 3 rings (SSSR count). The Morgan fingerprint density at radius 2 is 2.47 bits per heavy atom. The van der Waals surface area contributed by atoms with Gasteiger partial charge in [0.25, 0.3) is 0 Å².